The Morgan fingerprint density at radius 3 is 2.63 bits per heavy atom. The lowest BCUT2D eigenvalue weighted by atomic mass is 9.78. The van der Waals surface area contributed by atoms with Gasteiger partial charge in [0.15, 0.2) is 0 Å². The number of fused-ring (bicyclic) bond motifs is 1. The fraction of sp³-hybridized carbons (Fsp3) is 0.211. The zero-order chi connectivity index (χ0) is 19.3. The van der Waals surface area contributed by atoms with Crippen LogP contribution in [-0.2, 0) is 4.79 Å². The predicted octanol–water partition coefficient (Wildman–Crippen LogP) is 4.40. The van der Waals surface area contributed by atoms with Crippen molar-refractivity contribution in [2.75, 3.05) is 12.0 Å². The second kappa shape index (κ2) is 6.45. The number of nitro groups is 1. The van der Waals surface area contributed by atoms with Crippen molar-refractivity contribution in [2.24, 2.45) is 11.8 Å². The van der Waals surface area contributed by atoms with Crippen molar-refractivity contribution in [1.29, 1.82) is 0 Å². The Hall–Kier alpha value is -2.74. The van der Waals surface area contributed by atoms with Gasteiger partial charge in [0.1, 0.15) is 17.3 Å². The number of methoxy groups -OCH3 is 1. The molecule has 1 aliphatic carbocycles. The molecule has 0 N–H and O–H groups in total. The van der Waals surface area contributed by atoms with E-state index >= 15 is 0 Å². The number of nitro benzene ring substituents is 1. The molecule has 0 bridgehead atoms. The summed E-state index contributed by atoms with van der Waals surface area (Å²) in [5, 5.41) is 11.5. The molecule has 2 aliphatic rings. The molecule has 4 rings (SSSR count). The van der Waals surface area contributed by atoms with Gasteiger partial charge in [-0.2, -0.15) is 0 Å². The van der Waals surface area contributed by atoms with E-state index in [1.807, 2.05) is 24.3 Å². The van der Waals surface area contributed by atoms with E-state index in [0.717, 1.165) is 11.6 Å². The number of amides is 1. The van der Waals surface area contributed by atoms with E-state index in [2.05, 4.69) is 15.9 Å². The Morgan fingerprint density at radius 1 is 1.26 bits per heavy atom. The number of nitrogens with zero attached hydrogens (tertiary/aromatic N) is 2. The van der Waals surface area contributed by atoms with Crippen molar-refractivity contribution in [2.45, 2.75) is 6.04 Å². The molecule has 27 heavy (non-hydrogen) atoms. The molecule has 138 valence electrons. The van der Waals surface area contributed by atoms with Crippen LogP contribution in [0.4, 0.5) is 15.8 Å². The van der Waals surface area contributed by atoms with Crippen LogP contribution in [-0.4, -0.2) is 17.9 Å². The van der Waals surface area contributed by atoms with Gasteiger partial charge in [-0.05, 0) is 28.1 Å². The van der Waals surface area contributed by atoms with Gasteiger partial charge in [-0.3, -0.25) is 19.8 Å². The van der Waals surface area contributed by atoms with Gasteiger partial charge >= 0.3 is 0 Å². The van der Waals surface area contributed by atoms with Crippen molar-refractivity contribution in [3.63, 3.8) is 0 Å². The molecule has 8 heteroatoms. The minimum absolute atomic E-state index is 0.0573. The summed E-state index contributed by atoms with van der Waals surface area (Å²) in [5.41, 5.74) is 0.357. The Balaban J connectivity index is 1.92. The second-order valence-corrected chi connectivity index (χ2v) is 7.25. The first-order valence-electron chi connectivity index (χ1n) is 8.21. The number of hydrogen-bond acceptors (Lipinski definition) is 4. The van der Waals surface area contributed by atoms with Crippen LogP contribution in [0.25, 0.3) is 0 Å². The van der Waals surface area contributed by atoms with Crippen molar-refractivity contribution in [3.8, 4) is 5.75 Å². The van der Waals surface area contributed by atoms with Crippen LogP contribution in [0.1, 0.15) is 11.6 Å². The maximum atomic E-state index is 13.9. The Morgan fingerprint density at radius 2 is 2.00 bits per heavy atom. The molecular formula is C19H14BrFN2O4. The number of para-hydroxylation sites is 1. The first-order chi connectivity index (χ1) is 12.9. The minimum Gasteiger partial charge on any atom is -0.496 e. The van der Waals surface area contributed by atoms with Crippen LogP contribution in [0, 0.1) is 27.8 Å². The van der Waals surface area contributed by atoms with E-state index in [-0.39, 0.29) is 27.9 Å². The van der Waals surface area contributed by atoms with Crippen molar-refractivity contribution < 1.29 is 18.8 Å². The number of carbonyl (C=O) groups is 1. The van der Waals surface area contributed by atoms with E-state index in [1.165, 1.54) is 18.1 Å². The molecule has 0 spiro atoms. The monoisotopic (exact) mass is 432 g/mol. The molecule has 1 aliphatic heterocycles. The van der Waals surface area contributed by atoms with Gasteiger partial charge in [-0.1, -0.05) is 30.4 Å². The third kappa shape index (κ3) is 2.63. The molecule has 2 aromatic carbocycles. The third-order valence-electron chi connectivity index (χ3n) is 5.05. The van der Waals surface area contributed by atoms with Gasteiger partial charge in [0.25, 0.3) is 5.69 Å². The lowest BCUT2D eigenvalue weighted by Crippen LogP contribution is -2.30. The van der Waals surface area contributed by atoms with Crippen LogP contribution < -0.4 is 9.64 Å². The Kier molecular flexibility index (Phi) is 4.22. The number of ether oxygens (including phenoxy) is 1. The Labute approximate surface area is 162 Å². The summed E-state index contributed by atoms with van der Waals surface area (Å²) in [4.78, 5) is 25.3. The average molecular weight is 433 g/mol. The first-order valence-corrected chi connectivity index (χ1v) is 9.01. The molecule has 1 heterocycles. The van der Waals surface area contributed by atoms with Crippen LogP contribution in [0.3, 0.4) is 0 Å². The number of rotatable bonds is 4. The van der Waals surface area contributed by atoms with Gasteiger partial charge in [-0.15, -0.1) is 0 Å². The molecule has 0 radical (unpaired) electrons. The maximum absolute atomic E-state index is 13.9. The van der Waals surface area contributed by atoms with E-state index in [9.17, 15) is 19.3 Å². The number of carbonyl (C=O) groups excluding carboxylic acids is 1. The molecular weight excluding hydrogens is 419 g/mol. The molecule has 3 atom stereocenters. The number of anilines is 1. The highest BCUT2D eigenvalue weighted by molar-refractivity contribution is 9.10. The summed E-state index contributed by atoms with van der Waals surface area (Å²) >= 11 is 3.07. The highest BCUT2D eigenvalue weighted by atomic mass is 79.9. The molecule has 1 fully saturated rings. The fourth-order valence-corrected chi connectivity index (χ4v) is 4.09. The highest BCUT2D eigenvalue weighted by Gasteiger charge is 2.52. The van der Waals surface area contributed by atoms with Gasteiger partial charge in [0.2, 0.25) is 5.91 Å². The van der Waals surface area contributed by atoms with Gasteiger partial charge in [-0.25, -0.2) is 4.39 Å². The first kappa shape index (κ1) is 17.7. The second-order valence-electron chi connectivity index (χ2n) is 6.40. The smallest absolute Gasteiger partial charge is 0.295 e. The molecule has 0 aromatic heterocycles. The van der Waals surface area contributed by atoms with E-state index < -0.39 is 22.5 Å². The molecule has 0 saturated carbocycles. The predicted molar refractivity (Wildman–Crippen MR) is 100 cm³/mol. The van der Waals surface area contributed by atoms with E-state index in [1.54, 1.807) is 12.1 Å². The quantitative estimate of drug-likeness (QED) is 0.407. The topological polar surface area (TPSA) is 72.7 Å². The molecule has 0 unspecified atom stereocenters. The number of benzene rings is 2. The van der Waals surface area contributed by atoms with Gasteiger partial charge in [0, 0.05) is 11.5 Å². The van der Waals surface area contributed by atoms with Crippen molar-refractivity contribution in [1.82, 2.24) is 0 Å². The summed E-state index contributed by atoms with van der Waals surface area (Å²) in [6.45, 7) is 0. The SMILES string of the molecule is COc1ccccc1[C@H]1[C@H]2C=C[C@H]2C(=O)N1c1cc(Br)c(F)cc1[N+](=O)[O-]. The standard InChI is InChI=1S/C19H14BrFN2O4/c1-27-17-5-3-2-4-12(17)18-10-6-7-11(10)19(24)22(18)15-8-13(20)14(21)9-16(15)23(25)26/h2-11,18H,1H3/t10-,11+,18+/m0/s1. The van der Waals surface area contributed by atoms with Crippen molar-refractivity contribution in [3.05, 3.63) is 74.5 Å². The molecule has 1 saturated heterocycles. The summed E-state index contributed by atoms with van der Waals surface area (Å²) in [5.74, 6) is -0.905. The lowest BCUT2D eigenvalue weighted by Gasteiger charge is -2.30. The summed E-state index contributed by atoms with van der Waals surface area (Å²) in [7, 11) is 1.53. The highest BCUT2D eigenvalue weighted by Crippen LogP contribution is 2.53. The summed E-state index contributed by atoms with van der Waals surface area (Å²) < 4.78 is 19.4. The fourth-order valence-electron chi connectivity index (χ4n) is 3.76. The van der Waals surface area contributed by atoms with Gasteiger partial charge in [0.05, 0.1) is 34.5 Å². The summed E-state index contributed by atoms with van der Waals surface area (Å²) in [6.07, 6.45) is 3.71. The number of halogens is 2. The normalized spacial score (nSPS) is 23.1. The zero-order valence-corrected chi connectivity index (χ0v) is 15.7. The van der Waals surface area contributed by atoms with E-state index in [0.29, 0.717) is 5.75 Å². The maximum Gasteiger partial charge on any atom is 0.295 e. The third-order valence-corrected chi connectivity index (χ3v) is 5.66. The molecule has 6 nitrogen and oxygen atoms in total. The summed E-state index contributed by atoms with van der Waals surface area (Å²) in [6, 6.07) is 8.91. The van der Waals surface area contributed by atoms with Crippen LogP contribution in [0.15, 0.2) is 53.0 Å². The van der Waals surface area contributed by atoms with Crippen molar-refractivity contribution >= 4 is 33.2 Å². The zero-order valence-electron chi connectivity index (χ0n) is 14.1. The van der Waals surface area contributed by atoms with Crippen LogP contribution in [0.2, 0.25) is 0 Å². The minimum atomic E-state index is -0.757. The Bertz CT molecular complexity index is 994. The van der Waals surface area contributed by atoms with E-state index in [4.69, 9.17) is 4.74 Å². The largest absolute Gasteiger partial charge is 0.496 e. The number of hydrogen-bond donors (Lipinski definition) is 0. The van der Waals surface area contributed by atoms with Crippen LogP contribution >= 0.6 is 15.9 Å². The average Bonchev–Trinajstić information content (AvgIpc) is 2.81. The molecule has 1 amide bonds. The molecule has 2 aromatic rings. The lowest BCUT2D eigenvalue weighted by molar-refractivity contribution is -0.384. The van der Waals surface area contributed by atoms with Gasteiger partial charge < -0.3 is 4.74 Å². The van der Waals surface area contributed by atoms with Crippen LogP contribution in [0.5, 0.6) is 5.75 Å².